The van der Waals surface area contributed by atoms with E-state index in [9.17, 15) is 0 Å². The molecule has 0 saturated heterocycles. The van der Waals surface area contributed by atoms with Crippen molar-refractivity contribution in [3.05, 3.63) is 70.7 Å². The second-order valence-corrected chi connectivity index (χ2v) is 21.6. The van der Waals surface area contributed by atoms with E-state index < -0.39 is 18.4 Å². The van der Waals surface area contributed by atoms with Crippen molar-refractivity contribution >= 4 is 39.6 Å². The van der Waals surface area contributed by atoms with Crippen molar-refractivity contribution in [1.82, 2.24) is 0 Å². The molecule has 0 saturated carbocycles. The van der Waals surface area contributed by atoms with Gasteiger partial charge in [0.05, 0.1) is 0 Å². The molecule has 2 heteroatoms. The number of benzene rings is 2. The molecule has 0 aliphatic heterocycles. The Hall–Kier alpha value is -0.731. The molecule has 2 rings (SSSR count). The molecule has 0 aromatic heterocycles. The Morgan fingerprint density at radius 3 is 1.75 bits per heavy atom. The molecule has 0 spiro atoms. The minimum absolute atomic E-state index is 0.926. The molecule has 0 N–H and O–H groups in total. The van der Waals surface area contributed by atoms with Gasteiger partial charge in [-0.15, -0.1) is 0 Å². The van der Waals surface area contributed by atoms with Gasteiger partial charge in [0.15, 0.2) is 0 Å². The fourth-order valence-electron chi connectivity index (χ4n) is 4.24. The van der Waals surface area contributed by atoms with Crippen LogP contribution in [0.25, 0.3) is 9.67 Å². The van der Waals surface area contributed by atoms with Gasteiger partial charge in [0.1, 0.15) is 0 Å². The zero-order valence-electron chi connectivity index (χ0n) is 18.0. The first-order valence-electron chi connectivity index (χ1n) is 11.2. The molecule has 0 amide bonds. The first-order valence-corrected chi connectivity index (χ1v) is 19.0. The summed E-state index contributed by atoms with van der Waals surface area (Å²) in [6, 6.07) is 19.5. The maximum absolute atomic E-state index is 6.79. The Morgan fingerprint density at radius 2 is 1.25 bits per heavy atom. The van der Waals surface area contributed by atoms with Crippen LogP contribution < -0.4 is 0 Å². The summed E-state index contributed by atoms with van der Waals surface area (Å²) in [5.74, 6) is 0. The average Bonchev–Trinajstić information content (AvgIpc) is 2.73. The molecule has 0 unspecified atom stereocenters. The van der Waals surface area contributed by atoms with Crippen LogP contribution in [0.1, 0.15) is 70.4 Å². The molecular weight excluding hydrogens is 466 g/mol. The van der Waals surface area contributed by atoms with Gasteiger partial charge in [-0.25, -0.2) is 0 Å². The zero-order valence-corrected chi connectivity index (χ0v) is 21.6. The monoisotopic (exact) mass is 504 g/mol. The number of hydrogen-bond acceptors (Lipinski definition) is 0. The van der Waals surface area contributed by atoms with Crippen molar-refractivity contribution in [1.29, 1.82) is 0 Å². The van der Waals surface area contributed by atoms with Gasteiger partial charge in [-0.3, -0.25) is 0 Å². The van der Waals surface area contributed by atoms with Gasteiger partial charge in [0, 0.05) is 0 Å². The molecule has 0 nitrogen and oxygen atoms in total. The average molecular weight is 504 g/mol. The van der Waals surface area contributed by atoms with Gasteiger partial charge in [0.25, 0.3) is 0 Å². The molecule has 2 aromatic rings. The summed E-state index contributed by atoms with van der Waals surface area (Å²) in [6.07, 6.45) is 10.5. The summed E-state index contributed by atoms with van der Waals surface area (Å²) < 4.78 is 6.01. The van der Waals surface area contributed by atoms with Crippen molar-refractivity contribution in [2.24, 2.45) is 0 Å². The summed E-state index contributed by atoms with van der Waals surface area (Å²) in [4.78, 5) is 0. The van der Waals surface area contributed by atoms with Crippen LogP contribution in [0.5, 0.6) is 0 Å². The standard InChI is InChI=1S/C14H10Cl.3C4H9.Sn/c15-14-9-5-4-8-13(14)11-10-12-6-2-1-3-7-12;3*1-3-4-2;/h1-10H;3*1,3-4H2,2H3;. The zero-order chi connectivity index (χ0) is 20.2. The van der Waals surface area contributed by atoms with Gasteiger partial charge in [-0.2, -0.15) is 0 Å². The van der Waals surface area contributed by atoms with Gasteiger partial charge >= 0.3 is 183 Å². The molecule has 0 aliphatic rings. The van der Waals surface area contributed by atoms with E-state index in [-0.39, 0.29) is 0 Å². The predicted molar refractivity (Wildman–Crippen MR) is 131 cm³/mol. The topological polar surface area (TPSA) is 0 Å². The molecule has 0 radical (unpaired) electrons. The SMILES string of the molecule is CCC[CH2][Sn]([CH2]CCC)([CH2]CCC)/[C](=C/c1ccccc1)c1ccccc1Cl. The predicted octanol–water partition coefficient (Wildman–Crippen LogP) is 9.27. The number of unbranched alkanes of at least 4 members (excludes halogenated alkanes) is 3. The van der Waals surface area contributed by atoms with E-state index in [0.717, 1.165) is 5.02 Å². The molecule has 0 aliphatic carbocycles. The van der Waals surface area contributed by atoms with Crippen molar-refractivity contribution in [3.63, 3.8) is 0 Å². The van der Waals surface area contributed by atoms with Crippen molar-refractivity contribution < 1.29 is 0 Å². The molecule has 28 heavy (non-hydrogen) atoms. The van der Waals surface area contributed by atoms with E-state index in [0.29, 0.717) is 0 Å². The molecule has 0 heterocycles. The van der Waals surface area contributed by atoms with E-state index in [1.807, 2.05) is 0 Å². The quantitative estimate of drug-likeness (QED) is 0.200. The Labute approximate surface area is 182 Å². The van der Waals surface area contributed by atoms with Crippen LogP contribution in [-0.4, -0.2) is 18.4 Å². The third-order valence-electron chi connectivity index (χ3n) is 5.87. The molecular formula is C26H37ClSn. The van der Waals surface area contributed by atoms with Crippen LogP contribution in [0.15, 0.2) is 54.6 Å². The summed E-state index contributed by atoms with van der Waals surface area (Å²) in [5, 5.41) is 0.926. The number of hydrogen-bond donors (Lipinski definition) is 0. The third kappa shape index (κ3) is 6.66. The first kappa shape index (κ1) is 23.5. The second kappa shape index (κ2) is 12.8. The van der Waals surface area contributed by atoms with Gasteiger partial charge in [-0.05, 0) is 0 Å². The normalized spacial score (nSPS) is 12.4. The summed E-state index contributed by atoms with van der Waals surface area (Å²) in [5.41, 5.74) is 2.63. The Kier molecular flexibility index (Phi) is 10.7. The third-order valence-corrected chi connectivity index (χ3v) is 21.9. The molecule has 0 atom stereocenters. The molecule has 2 aromatic carbocycles. The molecule has 152 valence electrons. The van der Waals surface area contributed by atoms with Gasteiger partial charge in [0.2, 0.25) is 0 Å². The maximum atomic E-state index is 6.79. The minimum atomic E-state index is -2.62. The fourth-order valence-corrected chi connectivity index (χ4v) is 21.6. The van der Waals surface area contributed by atoms with Gasteiger partial charge in [-0.1, -0.05) is 0 Å². The van der Waals surface area contributed by atoms with Crippen LogP contribution in [0.3, 0.4) is 0 Å². The summed E-state index contributed by atoms with van der Waals surface area (Å²) >= 11 is 4.17. The van der Waals surface area contributed by atoms with E-state index in [1.54, 1.807) is 3.59 Å². The van der Waals surface area contributed by atoms with E-state index in [1.165, 1.54) is 63.0 Å². The molecule has 0 fully saturated rings. The summed E-state index contributed by atoms with van der Waals surface area (Å²) in [7, 11) is 0. The fraction of sp³-hybridized carbons (Fsp3) is 0.462. The number of halogens is 1. The van der Waals surface area contributed by atoms with E-state index in [2.05, 4.69) is 81.4 Å². The first-order chi connectivity index (χ1) is 13.7. The Bertz CT molecular complexity index is 698. The van der Waals surface area contributed by atoms with Crippen molar-refractivity contribution in [2.75, 3.05) is 0 Å². The van der Waals surface area contributed by atoms with Crippen LogP contribution in [0.2, 0.25) is 18.3 Å². The molecule has 0 bridgehead atoms. The van der Waals surface area contributed by atoms with Crippen LogP contribution in [0, 0.1) is 0 Å². The van der Waals surface area contributed by atoms with Crippen LogP contribution in [0.4, 0.5) is 0 Å². The second-order valence-electron chi connectivity index (χ2n) is 8.04. The van der Waals surface area contributed by atoms with Crippen LogP contribution in [-0.2, 0) is 0 Å². The number of rotatable bonds is 12. The van der Waals surface area contributed by atoms with Crippen molar-refractivity contribution in [3.8, 4) is 0 Å². The summed E-state index contributed by atoms with van der Waals surface area (Å²) in [6.45, 7) is 7.02. The van der Waals surface area contributed by atoms with Gasteiger partial charge < -0.3 is 0 Å². The van der Waals surface area contributed by atoms with E-state index >= 15 is 0 Å². The van der Waals surface area contributed by atoms with Crippen molar-refractivity contribution in [2.45, 2.75) is 72.6 Å². The van der Waals surface area contributed by atoms with E-state index in [4.69, 9.17) is 11.6 Å². The Morgan fingerprint density at radius 1 is 0.750 bits per heavy atom. The van der Waals surface area contributed by atoms with Crippen LogP contribution >= 0.6 is 11.6 Å². The Balaban J connectivity index is 2.64.